The molecule has 31 heavy (non-hydrogen) atoms. The van der Waals surface area contributed by atoms with Crippen LogP contribution in [0.3, 0.4) is 0 Å². The van der Waals surface area contributed by atoms with E-state index in [2.05, 4.69) is 35.2 Å². The molecule has 160 valence electrons. The van der Waals surface area contributed by atoms with Crippen molar-refractivity contribution in [3.8, 4) is 10.4 Å². The number of rotatable bonds is 2. The highest BCUT2D eigenvalue weighted by atomic mass is 32.1. The van der Waals surface area contributed by atoms with Gasteiger partial charge in [0, 0.05) is 58.4 Å². The van der Waals surface area contributed by atoms with Crippen molar-refractivity contribution in [2.45, 2.75) is 51.0 Å². The van der Waals surface area contributed by atoms with E-state index in [1.165, 1.54) is 39.8 Å². The van der Waals surface area contributed by atoms with Crippen LogP contribution in [0.25, 0.3) is 20.5 Å². The Balaban J connectivity index is 1.38. The molecule has 3 aliphatic rings. The van der Waals surface area contributed by atoms with E-state index in [0.717, 1.165) is 44.6 Å². The molecule has 0 radical (unpaired) electrons. The summed E-state index contributed by atoms with van der Waals surface area (Å²) in [5.74, 6) is 1.21. The number of aromatic nitrogens is 1. The van der Waals surface area contributed by atoms with Gasteiger partial charge in [-0.15, -0.1) is 11.3 Å². The van der Waals surface area contributed by atoms with E-state index in [0.29, 0.717) is 11.8 Å². The third kappa shape index (κ3) is 3.34. The fourth-order valence-corrected chi connectivity index (χ4v) is 7.22. The van der Waals surface area contributed by atoms with Gasteiger partial charge >= 0.3 is 0 Å². The summed E-state index contributed by atoms with van der Waals surface area (Å²) >= 11 is 1.79. The maximum Gasteiger partial charge on any atom is 0.250 e. The number of fused-ring (bicyclic) bond motifs is 5. The first-order valence-electron chi connectivity index (χ1n) is 11.7. The number of hydrogen-bond acceptors (Lipinski definition) is 3. The first-order valence-corrected chi connectivity index (χ1v) is 12.5. The van der Waals surface area contributed by atoms with E-state index >= 15 is 0 Å². The number of benzene rings is 1. The maximum atomic E-state index is 13.3. The van der Waals surface area contributed by atoms with Gasteiger partial charge in [0.2, 0.25) is 5.91 Å². The minimum atomic E-state index is 0.0987. The number of amides is 1. The van der Waals surface area contributed by atoms with Crippen LogP contribution < -0.4 is 5.56 Å². The molecule has 2 aliphatic heterocycles. The molecular weight excluding hydrogens is 404 g/mol. The van der Waals surface area contributed by atoms with Gasteiger partial charge in [0.25, 0.3) is 5.56 Å². The lowest BCUT2D eigenvalue weighted by Gasteiger charge is -2.44. The van der Waals surface area contributed by atoms with Crippen molar-refractivity contribution in [1.82, 2.24) is 9.47 Å². The fourth-order valence-electron chi connectivity index (χ4n) is 6.13. The van der Waals surface area contributed by atoms with Crippen molar-refractivity contribution in [3.63, 3.8) is 0 Å². The van der Waals surface area contributed by atoms with Gasteiger partial charge in [-0.05, 0) is 48.8 Å². The van der Waals surface area contributed by atoms with Crippen molar-refractivity contribution in [2.75, 3.05) is 13.1 Å². The minimum Gasteiger partial charge on any atom is -0.341 e. The van der Waals surface area contributed by atoms with E-state index in [4.69, 9.17) is 0 Å². The quantitative estimate of drug-likeness (QED) is 0.555. The maximum absolute atomic E-state index is 13.3. The highest BCUT2D eigenvalue weighted by Gasteiger charge is 2.39. The normalized spacial score (nSPS) is 23.7. The van der Waals surface area contributed by atoms with Crippen LogP contribution in [0.4, 0.5) is 0 Å². The second-order valence-corrected chi connectivity index (χ2v) is 10.7. The molecule has 0 spiro atoms. The van der Waals surface area contributed by atoms with E-state index in [9.17, 15) is 9.59 Å². The van der Waals surface area contributed by atoms with Crippen molar-refractivity contribution in [3.05, 3.63) is 58.5 Å². The molecule has 2 atom stereocenters. The van der Waals surface area contributed by atoms with E-state index < -0.39 is 0 Å². The number of hydrogen-bond donors (Lipinski definition) is 0. The molecule has 1 amide bonds. The average molecular weight is 433 g/mol. The van der Waals surface area contributed by atoms with Crippen LogP contribution in [0.1, 0.15) is 50.1 Å². The van der Waals surface area contributed by atoms with Gasteiger partial charge in [-0.1, -0.05) is 37.5 Å². The molecule has 4 heterocycles. The zero-order valence-corrected chi connectivity index (χ0v) is 18.6. The molecule has 2 bridgehead atoms. The molecule has 1 aliphatic carbocycles. The van der Waals surface area contributed by atoms with Gasteiger partial charge in [0.15, 0.2) is 0 Å². The van der Waals surface area contributed by atoms with E-state index in [1.54, 1.807) is 17.4 Å². The number of carbonyl (C=O) groups excluding carboxylic acids is 1. The van der Waals surface area contributed by atoms with Crippen LogP contribution in [0.2, 0.25) is 0 Å². The summed E-state index contributed by atoms with van der Waals surface area (Å²) < 4.78 is 3.29. The topological polar surface area (TPSA) is 42.3 Å². The summed E-state index contributed by atoms with van der Waals surface area (Å²) in [5.41, 5.74) is 2.43. The molecule has 4 nitrogen and oxygen atoms in total. The molecule has 5 heteroatoms. The highest BCUT2D eigenvalue weighted by Crippen LogP contribution is 2.43. The first kappa shape index (κ1) is 19.3. The second-order valence-electron chi connectivity index (χ2n) is 9.61. The second kappa shape index (κ2) is 7.63. The van der Waals surface area contributed by atoms with Gasteiger partial charge in [-0.25, -0.2) is 0 Å². The highest BCUT2D eigenvalue weighted by molar-refractivity contribution is 7.22. The van der Waals surface area contributed by atoms with Gasteiger partial charge < -0.3 is 9.47 Å². The van der Waals surface area contributed by atoms with Crippen molar-refractivity contribution in [1.29, 1.82) is 0 Å². The van der Waals surface area contributed by atoms with Crippen molar-refractivity contribution in [2.24, 2.45) is 11.8 Å². The largest absolute Gasteiger partial charge is 0.341 e. The number of thiophene rings is 1. The molecule has 2 fully saturated rings. The molecule has 3 aromatic rings. The Labute approximate surface area is 186 Å². The Kier molecular flexibility index (Phi) is 4.75. The fraction of sp³-hybridized carbons (Fsp3) is 0.462. The summed E-state index contributed by atoms with van der Waals surface area (Å²) in [6.07, 6.45) is 6.82. The molecule has 1 saturated heterocycles. The number of likely N-dealkylation sites (tertiary alicyclic amines) is 1. The van der Waals surface area contributed by atoms with Gasteiger partial charge in [0.05, 0.1) is 0 Å². The molecule has 1 aromatic carbocycles. The van der Waals surface area contributed by atoms with Gasteiger partial charge in [-0.2, -0.15) is 0 Å². The average Bonchev–Trinajstić information content (AvgIpc) is 3.24. The lowest BCUT2D eigenvalue weighted by molar-refractivity contribution is -0.139. The van der Waals surface area contributed by atoms with Crippen LogP contribution in [0, 0.1) is 11.8 Å². The first-order chi connectivity index (χ1) is 15.2. The molecule has 0 unspecified atom stereocenters. The predicted octanol–water partition coefficient (Wildman–Crippen LogP) is 5.26. The van der Waals surface area contributed by atoms with Crippen LogP contribution >= 0.6 is 11.3 Å². The number of pyridine rings is 1. The van der Waals surface area contributed by atoms with E-state index in [1.807, 2.05) is 10.6 Å². The summed E-state index contributed by atoms with van der Waals surface area (Å²) in [6, 6.07) is 14.5. The lowest BCUT2D eigenvalue weighted by Crippen LogP contribution is -2.51. The SMILES string of the molecule is O=C(C1CCCCC1)N1C[C@@H]2C[C@@H](C1)c1c(-c3cc4ccccc4s3)ccc(=O)n1C2. The summed E-state index contributed by atoms with van der Waals surface area (Å²) in [5, 5.41) is 1.25. The van der Waals surface area contributed by atoms with Crippen LogP contribution in [-0.2, 0) is 11.3 Å². The smallest absolute Gasteiger partial charge is 0.250 e. The van der Waals surface area contributed by atoms with Crippen molar-refractivity contribution >= 4 is 27.3 Å². The van der Waals surface area contributed by atoms with Crippen LogP contribution in [-0.4, -0.2) is 28.5 Å². The monoisotopic (exact) mass is 432 g/mol. The predicted molar refractivity (Wildman–Crippen MR) is 126 cm³/mol. The number of nitrogens with zero attached hydrogens (tertiary/aromatic N) is 2. The Morgan fingerprint density at radius 3 is 2.65 bits per heavy atom. The van der Waals surface area contributed by atoms with Crippen LogP contribution in [0.5, 0.6) is 0 Å². The lowest BCUT2D eigenvalue weighted by atomic mass is 9.80. The third-order valence-electron chi connectivity index (χ3n) is 7.55. The minimum absolute atomic E-state index is 0.0987. The van der Waals surface area contributed by atoms with Crippen LogP contribution in [0.15, 0.2) is 47.3 Å². The third-order valence-corrected chi connectivity index (χ3v) is 8.70. The standard InChI is InChI=1S/C26H28N2O2S/c29-24-11-10-21(23-13-19-8-4-5-9-22(19)31-23)25-20-12-17(15-28(24)25)14-27(16-20)26(30)18-6-2-1-3-7-18/h4-5,8-11,13,17-18,20H,1-3,6-7,12,14-16H2/t17-,20-/m0/s1. The molecule has 6 rings (SSSR count). The Hall–Kier alpha value is -2.40. The molecule has 2 aromatic heterocycles. The van der Waals surface area contributed by atoms with Crippen molar-refractivity contribution < 1.29 is 4.79 Å². The summed E-state index contributed by atoms with van der Waals surface area (Å²) in [4.78, 5) is 29.5. The molecule has 1 saturated carbocycles. The Morgan fingerprint density at radius 2 is 1.81 bits per heavy atom. The molecular formula is C26H28N2O2S. The number of carbonyl (C=O) groups is 1. The summed E-state index contributed by atoms with van der Waals surface area (Å²) in [6.45, 7) is 2.30. The Morgan fingerprint density at radius 1 is 0.968 bits per heavy atom. The Bertz CT molecular complexity index is 1170. The molecule has 0 N–H and O–H groups in total. The number of piperidine rings is 1. The zero-order chi connectivity index (χ0) is 20.9. The van der Waals surface area contributed by atoms with E-state index in [-0.39, 0.29) is 17.4 Å². The van der Waals surface area contributed by atoms with Gasteiger partial charge in [0.1, 0.15) is 0 Å². The zero-order valence-electron chi connectivity index (χ0n) is 17.8. The summed E-state index contributed by atoms with van der Waals surface area (Å²) in [7, 11) is 0. The van der Waals surface area contributed by atoms with Gasteiger partial charge in [-0.3, -0.25) is 9.59 Å².